The van der Waals surface area contributed by atoms with Crippen molar-refractivity contribution in [3.63, 3.8) is 0 Å². The second kappa shape index (κ2) is 5.38. The molecule has 1 aliphatic rings. The van der Waals surface area contributed by atoms with Crippen LogP contribution in [0.4, 0.5) is 0 Å². The molecular formula is C17H17BrO. The maximum atomic E-state index is 5.56. The van der Waals surface area contributed by atoms with Gasteiger partial charge in [0.1, 0.15) is 5.75 Å². The Kier molecular flexibility index (Phi) is 3.61. The monoisotopic (exact) mass is 316 g/mol. The Morgan fingerprint density at radius 2 is 2.05 bits per heavy atom. The summed E-state index contributed by atoms with van der Waals surface area (Å²) in [4.78, 5) is 0.361. The van der Waals surface area contributed by atoms with Crippen molar-refractivity contribution in [1.82, 2.24) is 0 Å². The van der Waals surface area contributed by atoms with Crippen LogP contribution >= 0.6 is 15.9 Å². The Morgan fingerprint density at radius 1 is 1.21 bits per heavy atom. The molecule has 0 amide bonds. The van der Waals surface area contributed by atoms with Crippen molar-refractivity contribution in [2.24, 2.45) is 0 Å². The van der Waals surface area contributed by atoms with Gasteiger partial charge in [0.05, 0.1) is 6.61 Å². The molecule has 0 aromatic heterocycles. The standard InChI is InChI=1S/C17H17BrO/c1-12-4-2-3-5-13(12)11-16(18)14-6-7-17-15(10-14)8-9-19-17/h2-7,10,16H,8-9,11H2,1H3. The normalized spacial score (nSPS) is 14.8. The zero-order valence-electron chi connectivity index (χ0n) is 11.0. The van der Waals surface area contributed by atoms with Gasteiger partial charge in [-0.2, -0.15) is 0 Å². The third kappa shape index (κ3) is 2.69. The Labute approximate surface area is 122 Å². The largest absolute Gasteiger partial charge is 0.493 e. The molecule has 1 atom stereocenters. The van der Waals surface area contributed by atoms with Crippen LogP contribution < -0.4 is 4.74 Å². The van der Waals surface area contributed by atoms with Crippen molar-refractivity contribution in [1.29, 1.82) is 0 Å². The van der Waals surface area contributed by atoms with Crippen LogP contribution in [-0.2, 0) is 12.8 Å². The van der Waals surface area contributed by atoms with Crippen molar-refractivity contribution < 1.29 is 4.74 Å². The molecule has 0 spiro atoms. The summed E-state index contributed by atoms with van der Waals surface area (Å²) in [5, 5.41) is 0. The molecule has 98 valence electrons. The van der Waals surface area contributed by atoms with E-state index < -0.39 is 0 Å². The van der Waals surface area contributed by atoms with E-state index in [1.165, 1.54) is 22.3 Å². The van der Waals surface area contributed by atoms with E-state index in [4.69, 9.17) is 4.74 Å². The van der Waals surface area contributed by atoms with E-state index in [0.717, 1.165) is 25.2 Å². The van der Waals surface area contributed by atoms with Gasteiger partial charge in [-0.05, 0) is 41.7 Å². The summed E-state index contributed by atoms with van der Waals surface area (Å²) in [5.41, 5.74) is 5.44. The fourth-order valence-electron chi connectivity index (χ4n) is 2.55. The molecule has 1 unspecified atom stereocenters. The molecule has 0 fully saturated rings. The summed E-state index contributed by atoms with van der Waals surface area (Å²) in [6.45, 7) is 3.00. The first-order valence-corrected chi connectivity index (χ1v) is 7.60. The molecule has 1 nitrogen and oxygen atoms in total. The van der Waals surface area contributed by atoms with E-state index in [0.29, 0.717) is 4.83 Å². The maximum Gasteiger partial charge on any atom is 0.122 e. The number of aryl methyl sites for hydroxylation is 1. The number of benzene rings is 2. The summed E-state index contributed by atoms with van der Waals surface area (Å²) in [5.74, 6) is 1.05. The van der Waals surface area contributed by atoms with Gasteiger partial charge in [0, 0.05) is 11.2 Å². The average molecular weight is 317 g/mol. The van der Waals surface area contributed by atoms with E-state index in [-0.39, 0.29) is 0 Å². The predicted octanol–water partition coefficient (Wildman–Crippen LogP) is 4.61. The lowest BCUT2D eigenvalue weighted by atomic mass is 9.99. The highest BCUT2D eigenvalue weighted by molar-refractivity contribution is 9.09. The maximum absolute atomic E-state index is 5.56. The van der Waals surface area contributed by atoms with Crippen molar-refractivity contribution in [2.75, 3.05) is 6.61 Å². The molecule has 19 heavy (non-hydrogen) atoms. The van der Waals surface area contributed by atoms with Gasteiger partial charge in [-0.1, -0.05) is 52.3 Å². The van der Waals surface area contributed by atoms with Gasteiger partial charge < -0.3 is 4.74 Å². The van der Waals surface area contributed by atoms with Crippen LogP contribution in [0, 0.1) is 6.92 Å². The van der Waals surface area contributed by atoms with Gasteiger partial charge in [-0.3, -0.25) is 0 Å². The second-order valence-electron chi connectivity index (χ2n) is 5.06. The van der Waals surface area contributed by atoms with Gasteiger partial charge >= 0.3 is 0 Å². The first-order chi connectivity index (χ1) is 9.24. The molecule has 0 aliphatic carbocycles. The first kappa shape index (κ1) is 12.7. The fraction of sp³-hybridized carbons (Fsp3) is 0.294. The Hall–Kier alpha value is -1.28. The van der Waals surface area contributed by atoms with Crippen LogP contribution in [0.3, 0.4) is 0 Å². The lowest BCUT2D eigenvalue weighted by Gasteiger charge is -2.13. The molecule has 0 saturated carbocycles. The van der Waals surface area contributed by atoms with Crippen molar-refractivity contribution in [3.05, 3.63) is 64.7 Å². The van der Waals surface area contributed by atoms with Crippen molar-refractivity contribution in [2.45, 2.75) is 24.6 Å². The van der Waals surface area contributed by atoms with E-state index >= 15 is 0 Å². The van der Waals surface area contributed by atoms with Gasteiger partial charge in [-0.25, -0.2) is 0 Å². The number of halogens is 1. The topological polar surface area (TPSA) is 9.23 Å². The summed E-state index contributed by atoms with van der Waals surface area (Å²) in [6, 6.07) is 15.1. The minimum atomic E-state index is 0.361. The van der Waals surface area contributed by atoms with Crippen LogP contribution in [0.25, 0.3) is 0 Å². The van der Waals surface area contributed by atoms with Gasteiger partial charge in [-0.15, -0.1) is 0 Å². The minimum Gasteiger partial charge on any atom is -0.493 e. The molecule has 0 radical (unpaired) electrons. The minimum absolute atomic E-state index is 0.361. The van der Waals surface area contributed by atoms with Gasteiger partial charge in [0.2, 0.25) is 0 Å². The predicted molar refractivity (Wildman–Crippen MR) is 82.2 cm³/mol. The van der Waals surface area contributed by atoms with Crippen LogP contribution in [0.1, 0.15) is 27.1 Å². The van der Waals surface area contributed by atoms with E-state index in [1.54, 1.807) is 0 Å². The molecule has 1 heterocycles. The van der Waals surface area contributed by atoms with Crippen LogP contribution in [0.2, 0.25) is 0 Å². The highest BCUT2D eigenvalue weighted by Crippen LogP contribution is 2.33. The number of rotatable bonds is 3. The molecule has 0 saturated heterocycles. The Balaban J connectivity index is 1.81. The fourth-order valence-corrected chi connectivity index (χ4v) is 3.18. The highest BCUT2D eigenvalue weighted by atomic mass is 79.9. The average Bonchev–Trinajstić information content (AvgIpc) is 2.88. The van der Waals surface area contributed by atoms with E-state index in [1.807, 2.05) is 0 Å². The molecule has 0 N–H and O–H groups in total. The number of hydrogen-bond acceptors (Lipinski definition) is 1. The third-order valence-electron chi connectivity index (χ3n) is 3.74. The van der Waals surface area contributed by atoms with E-state index in [9.17, 15) is 0 Å². The Bertz CT molecular complexity index is 592. The summed E-state index contributed by atoms with van der Waals surface area (Å²) in [6.07, 6.45) is 2.06. The lowest BCUT2D eigenvalue weighted by Crippen LogP contribution is -1.98. The Morgan fingerprint density at radius 3 is 2.89 bits per heavy atom. The third-order valence-corrected chi connectivity index (χ3v) is 4.59. The van der Waals surface area contributed by atoms with Gasteiger partial charge in [0.15, 0.2) is 0 Å². The van der Waals surface area contributed by atoms with Crippen LogP contribution in [0.15, 0.2) is 42.5 Å². The molecule has 0 bridgehead atoms. The SMILES string of the molecule is Cc1ccccc1CC(Br)c1ccc2c(c1)CCO2. The molecular weight excluding hydrogens is 300 g/mol. The summed E-state index contributed by atoms with van der Waals surface area (Å²) < 4.78 is 5.56. The zero-order chi connectivity index (χ0) is 13.2. The number of alkyl halides is 1. The van der Waals surface area contributed by atoms with Crippen molar-refractivity contribution >= 4 is 15.9 Å². The molecule has 3 rings (SSSR count). The molecule has 2 aromatic carbocycles. The van der Waals surface area contributed by atoms with Crippen molar-refractivity contribution in [3.8, 4) is 5.75 Å². The quantitative estimate of drug-likeness (QED) is 0.751. The summed E-state index contributed by atoms with van der Waals surface area (Å²) in [7, 11) is 0. The van der Waals surface area contributed by atoms with E-state index in [2.05, 4.69) is 65.3 Å². The van der Waals surface area contributed by atoms with Gasteiger partial charge in [0.25, 0.3) is 0 Å². The number of hydrogen-bond donors (Lipinski definition) is 0. The number of fused-ring (bicyclic) bond motifs is 1. The first-order valence-electron chi connectivity index (χ1n) is 6.68. The molecule has 2 heteroatoms. The smallest absolute Gasteiger partial charge is 0.122 e. The second-order valence-corrected chi connectivity index (χ2v) is 6.17. The highest BCUT2D eigenvalue weighted by Gasteiger charge is 2.16. The van der Waals surface area contributed by atoms with Crippen LogP contribution in [0.5, 0.6) is 5.75 Å². The van der Waals surface area contributed by atoms with Crippen LogP contribution in [-0.4, -0.2) is 6.61 Å². The molecule has 2 aromatic rings. The molecule has 1 aliphatic heterocycles. The number of ether oxygens (including phenoxy) is 1. The zero-order valence-corrected chi connectivity index (χ0v) is 12.6. The lowest BCUT2D eigenvalue weighted by molar-refractivity contribution is 0.357. The summed E-state index contributed by atoms with van der Waals surface area (Å²) >= 11 is 3.82.